The standard InChI is InChI=1S/C14H18F2N2O/c15-12-2-1-3-13(16)11(12)8-14(19)18-7-5-10(9-18)4-6-17/h1-3,10H,4-9,17H2. The molecule has 1 saturated heterocycles. The minimum Gasteiger partial charge on any atom is -0.342 e. The summed E-state index contributed by atoms with van der Waals surface area (Å²) >= 11 is 0. The van der Waals surface area contributed by atoms with E-state index in [-0.39, 0.29) is 17.9 Å². The highest BCUT2D eigenvalue weighted by molar-refractivity contribution is 5.79. The lowest BCUT2D eigenvalue weighted by molar-refractivity contribution is -0.129. The monoisotopic (exact) mass is 268 g/mol. The molecule has 0 bridgehead atoms. The molecule has 0 aromatic heterocycles. The molecule has 104 valence electrons. The molecule has 1 aromatic rings. The van der Waals surface area contributed by atoms with Crippen molar-refractivity contribution >= 4 is 5.91 Å². The van der Waals surface area contributed by atoms with Crippen LogP contribution in [0, 0.1) is 17.6 Å². The van der Waals surface area contributed by atoms with Gasteiger partial charge in [0.25, 0.3) is 0 Å². The summed E-state index contributed by atoms with van der Waals surface area (Å²) in [4.78, 5) is 13.7. The van der Waals surface area contributed by atoms with Crippen LogP contribution in [0.4, 0.5) is 8.78 Å². The Bertz CT molecular complexity index is 445. The molecule has 3 nitrogen and oxygen atoms in total. The largest absolute Gasteiger partial charge is 0.342 e. The highest BCUT2D eigenvalue weighted by Gasteiger charge is 2.26. The number of halogens is 2. The molecule has 0 spiro atoms. The molecular formula is C14H18F2N2O. The number of benzene rings is 1. The van der Waals surface area contributed by atoms with Crippen LogP contribution in [0.25, 0.3) is 0 Å². The zero-order valence-corrected chi connectivity index (χ0v) is 10.7. The molecule has 1 amide bonds. The third-order valence-corrected chi connectivity index (χ3v) is 3.60. The Morgan fingerprint density at radius 1 is 1.37 bits per heavy atom. The second-order valence-electron chi connectivity index (χ2n) is 4.95. The predicted molar refractivity (Wildman–Crippen MR) is 68.4 cm³/mol. The van der Waals surface area contributed by atoms with Gasteiger partial charge in [-0.05, 0) is 37.4 Å². The Hall–Kier alpha value is -1.49. The van der Waals surface area contributed by atoms with Crippen LogP contribution >= 0.6 is 0 Å². The van der Waals surface area contributed by atoms with Crippen molar-refractivity contribution in [1.29, 1.82) is 0 Å². The molecule has 0 aliphatic carbocycles. The van der Waals surface area contributed by atoms with Crippen LogP contribution in [-0.2, 0) is 11.2 Å². The van der Waals surface area contributed by atoms with Crippen molar-refractivity contribution in [2.75, 3.05) is 19.6 Å². The van der Waals surface area contributed by atoms with E-state index in [1.54, 1.807) is 4.90 Å². The van der Waals surface area contributed by atoms with E-state index < -0.39 is 11.6 Å². The Kier molecular flexibility index (Phi) is 4.47. The number of carbonyl (C=O) groups excluding carboxylic acids is 1. The average Bonchev–Trinajstić information content (AvgIpc) is 2.83. The fraction of sp³-hybridized carbons (Fsp3) is 0.500. The van der Waals surface area contributed by atoms with E-state index in [1.807, 2.05) is 0 Å². The van der Waals surface area contributed by atoms with Crippen molar-refractivity contribution in [2.24, 2.45) is 11.7 Å². The molecule has 1 aliphatic rings. The maximum atomic E-state index is 13.5. The summed E-state index contributed by atoms with van der Waals surface area (Å²) in [6.45, 7) is 1.90. The van der Waals surface area contributed by atoms with Crippen molar-refractivity contribution in [3.05, 3.63) is 35.4 Å². The highest BCUT2D eigenvalue weighted by atomic mass is 19.1. The molecule has 1 aliphatic heterocycles. The lowest BCUT2D eigenvalue weighted by Crippen LogP contribution is -2.30. The van der Waals surface area contributed by atoms with Crippen LogP contribution in [0.5, 0.6) is 0 Å². The van der Waals surface area contributed by atoms with Gasteiger partial charge in [0.1, 0.15) is 11.6 Å². The van der Waals surface area contributed by atoms with Gasteiger partial charge in [0.15, 0.2) is 0 Å². The summed E-state index contributed by atoms with van der Waals surface area (Å²) in [5.41, 5.74) is 5.35. The molecule has 1 aromatic carbocycles. The SMILES string of the molecule is NCCC1CCN(C(=O)Cc2c(F)cccc2F)C1. The third-order valence-electron chi connectivity index (χ3n) is 3.60. The van der Waals surface area contributed by atoms with Crippen LogP contribution in [0.15, 0.2) is 18.2 Å². The summed E-state index contributed by atoms with van der Waals surface area (Å²) in [5.74, 6) is -1.12. The summed E-state index contributed by atoms with van der Waals surface area (Å²) in [7, 11) is 0. The molecule has 2 rings (SSSR count). The molecule has 0 radical (unpaired) electrons. The Labute approximate surface area is 111 Å². The maximum absolute atomic E-state index is 13.5. The zero-order chi connectivity index (χ0) is 13.8. The first-order valence-corrected chi connectivity index (χ1v) is 6.52. The number of rotatable bonds is 4. The molecule has 5 heteroatoms. The van der Waals surface area contributed by atoms with E-state index in [0.29, 0.717) is 25.6 Å². The maximum Gasteiger partial charge on any atom is 0.227 e. The number of carbonyl (C=O) groups is 1. The minimum atomic E-state index is -0.661. The molecule has 19 heavy (non-hydrogen) atoms. The van der Waals surface area contributed by atoms with Gasteiger partial charge in [0, 0.05) is 18.7 Å². The van der Waals surface area contributed by atoms with E-state index in [9.17, 15) is 13.6 Å². The third kappa shape index (κ3) is 3.29. The van der Waals surface area contributed by atoms with Crippen LogP contribution in [0.2, 0.25) is 0 Å². The van der Waals surface area contributed by atoms with Crippen molar-refractivity contribution in [1.82, 2.24) is 4.90 Å². The minimum absolute atomic E-state index is 0.144. The van der Waals surface area contributed by atoms with Gasteiger partial charge in [-0.15, -0.1) is 0 Å². The van der Waals surface area contributed by atoms with Gasteiger partial charge in [-0.25, -0.2) is 8.78 Å². The summed E-state index contributed by atoms with van der Waals surface area (Å²) in [6.07, 6.45) is 1.59. The number of hydrogen-bond donors (Lipinski definition) is 1. The zero-order valence-electron chi connectivity index (χ0n) is 10.7. The van der Waals surface area contributed by atoms with Crippen molar-refractivity contribution in [2.45, 2.75) is 19.3 Å². The number of hydrogen-bond acceptors (Lipinski definition) is 2. The van der Waals surface area contributed by atoms with E-state index >= 15 is 0 Å². The van der Waals surface area contributed by atoms with Crippen LogP contribution in [0.3, 0.4) is 0 Å². The summed E-state index contributed by atoms with van der Waals surface area (Å²) in [6, 6.07) is 3.64. The number of nitrogens with zero attached hydrogens (tertiary/aromatic N) is 1. The van der Waals surface area contributed by atoms with E-state index in [0.717, 1.165) is 12.8 Å². The van der Waals surface area contributed by atoms with Gasteiger partial charge < -0.3 is 10.6 Å². The van der Waals surface area contributed by atoms with Gasteiger partial charge in [0.05, 0.1) is 6.42 Å². The summed E-state index contributed by atoms with van der Waals surface area (Å²) < 4.78 is 26.9. The first-order valence-electron chi connectivity index (χ1n) is 6.52. The summed E-state index contributed by atoms with van der Waals surface area (Å²) in [5, 5.41) is 0. The number of amides is 1. The second kappa shape index (κ2) is 6.10. The van der Waals surface area contributed by atoms with Gasteiger partial charge in [-0.2, -0.15) is 0 Å². The van der Waals surface area contributed by atoms with E-state index in [2.05, 4.69) is 0 Å². The number of likely N-dealkylation sites (tertiary alicyclic amines) is 1. The van der Waals surface area contributed by atoms with Crippen LogP contribution in [0.1, 0.15) is 18.4 Å². The predicted octanol–water partition coefficient (Wildman–Crippen LogP) is 1.70. The normalized spacial score (nSPS) is 18.9. The lowest BCUT2D eigenvalue weighted by atomic mass is 10.1. The molecule has 1 fully saturated rings. The van der Waals surface area contributed by atoms with Gasteiger partial charge in [0.2, 0.25) is 5.91 Å². The van der Waals surface area contributed by atoms with Crippen molar-refractivity contribution < 1.29 is 13.6 Å². The lowest BCUT2D eigenvalue weighted by Gasteiger charge is -2.17. The van der Waals surface area contributed by atoms with Crippen LogP contribution in [-0.4, -0.2) is 30.4 Å². The molecule has 1 unspecified atom stereocenters. The van der Waals surface area contributed by atoms with E-state index in [1.165, 1.54) is 18.2 Å². The highest BCUT2D eigenvalue weighted by Crippen LogP contribution is 2.21. The first kappa shape index (κ1) is 13.9. The Balaban J connectivity index is 1.98. The van der Waals surface area contributed by atoms with Gasteiger partial charge in [-0.1, -0.05) is 6.07 Å². The fourth-order valence-electron chi connectivity index (χ4n) is 2.49. The van der Waals surface area contributed by atoms with Gasteiger partial charge >= 0.3 is 0 Å². The smallest absolute Gasteiger partial charge is 0.227 e. The molecule has 0 saturated carbocycles. The Morgan fingerprint density at radius 3 is 2.68 bits per heavy atom. The van der Waals surface area contributed by atoms with E-state index in [4.69, 9.17) is 5.73 Å². The molecule has 1 heterocycles. The second-order valence-corrected chi connectivity index (χ2v) is 4.95. The molecule has 2 N–H and O–H groups in total. The number of nitrogens with two attached hydrogens (primary N) is 1. The Morgan fingerprint density at radius 2 is 2.05 bits per heavy atom. The average molecular weight is 268 g/mol. The van der Waals surface area contributed by atoms with Crippen molar-refractivity contribution in [3.8, 4) is 0 Å². The first-order chi connectivity index (χ1) is 9.11. The molecule has 1 atom stereocenters. The van der Waals surface area contributed by atoms with Crippen LogP contribution < -0.4 is 5.73 Å². The van der Waals surface area contributed by atoms with Gasteiger partial charge in [-0.3, -0.25) is 4.79 Å². The quantitative estimate of drug-likeness (QED) is 0.903. The molecular weight excluding hydrogens is 250 g/mol. The van der Waals surface area contributed by atoms with Crippen molar-refractivity contribution in [3.63, 3.8) is 0 Å². The fourth-order valence-corrected chi connectivity index (χ4v) is 2.49. The topological polar surface area (TPSA) is 46.3 Å².